The molecule has 2 N–H and O–H groups in total. The van der Waals surface area contributed by atoms with Crippen LogP contribution in [0.1, 0.15) is 29.8 Å². The lowest BCUT2D eigenvalue weighted by Gasteiger charge is -2.34. The van der Waals surface area contributed by atoms with Crippen LogP contribution in [0.4, 0.5) is 4.39 Å². The number of aromatic nitrogens is 3. The summed E-state index contributed by atoms with van der Waals surface area (Å²) in [6, 6.07) is 11.3. The van der Waals surface area contributed by atoms with E-state index in [0.29, 0.717) is 56.6 Å². The van der Waals surface area contributed by atoms with Gasteiger partial charge in [0.2, 0.25) is 15.6 Å². The van der Waals surface area contributed by atoms with E-state index >= 15 is 4.39 Å². The number of nitrogens with zero attached hydrogens (tertiary/aromatic N) is 2. The molecule has 1 saturated carbocycles. The van der Waals surface area contributed by atoms with Crippen LogP contribution in [0.2, 0.25) is 0 Å². The van der Waals surface area contributed by atoms with E-state index in [1.54, 1.807) is 30.3 Å². The Morgan fingerprint density at radius 1 is 1.02 bits per heavy atom. The predicted octanol–water partition coefficient (Wildman–Crippen LogP) is 6.03. The summed E-state index contributed by atoms with van der Waals surface area (Å²) in [6.45, 7) is 1.83. The maximum absolute atomic E-state index is 16.5. The first-order valence-corrected chi connectivity index (χ1v) is 15.4. The average molecular weight is 610 g/mol. The van der Waals surface area contributed by atoms with Gasteiger partial charge in [-0.25, -0.2) is 22.8 Å². The number of nitrogens with one attached hydrogen (secondary N) is 1. The smallest absolute Gasteiger partial charge is 0.226 e. The number of rotatable bonds is 8. The first kappa shape index (κ1) is 28.1. The van der Waals surface area contributed by atoms with Gasteiger partial charge in [-0.05, 0) is 56.5 Å². The lowest BCUT2D eigenvalue weighted by atomic mass is 9.81. The fourth-order valence-electron chi connectivity index (χ4n) is 5.07. The molecule has 218 valence electrons. The second-order valence-corrected chi connectivity index (χ2v) is 13.1. The highest BCUT2D eigenvalue weighted by Gasteiger charge is 2.39. The molecule has 0 atom stereocenters. The quantitative estimate of drug-likeness (QED) is 0.219. The van der Waals surface area contributed by atoms with E-state index in [-0.39, 0.29) is 16.1 Å². The van der Waals surface area contributed by atoms with Crippen molar-refractivity contribution in [3.05, 3.63) is 65.0 Å². The van der Waals surface area contributed by atoms with Crippen LogP contribution in [-0.4, -0.2) is 49.8 Å². The van der Waals surface area contributed by atoms with E-state index in [1.165, 1.54) is 39.7 Å². The second kappa shape index (κ2) is 10.4. The van der Waals surface area contributed by atoms with E-state index in [4.69, 9.17) is 14.2 Å². The molecule has 0 unspecified atom stereocenters. The standard InChI is InChI=1S/C30H28FN3O6S2/c1-16-6-8-18(9-7-16)42(36,37)28-25(31)24(23-15-32-29(41-23)30(35)10-5-11-30)19-14-20(33-27(19)34-28)17-12-21(38-2)26(40-4)22(13-17)39-3/h6-9,12-15,35H,5,10-11H2,1-4H3,(H,33,34). The van der Waals surface area contributed by atoms with Crippen molar-refractivity contribution in [2.24, 2.45) is 0 Å². The van der Waals surface area contributed by atoms with Crippen molar-refractivity contribution in [3.8, 4) is 38.9 Å². The number of thiazole rings is 1. The molecule has 5 aromatic rings. The van der Waals surface area contributed by atoms with Gasteiger partial charge < -0.3 is 24.3 Å². The van der Waals surface area contributed by atoms with Crippen molar-refractivity contribution < 1.29 is 32.1 Å². The highest BCUT2D eigenvalue weighted by Crippen LogP contribution is 2.47. The third-order valence-electron chi connectivity index (χ3n) is 7.58. The van der Waals surface area contributed by atoms with Gasteiger partial charge in [0.15, 0.2) is 22.3 Å². The molecule has 1 fully saturated rings. The highest BCUT2D eigenvalue weighted by atomic mass is 32.2. The number of aryl methyl sites for hydroxylation is 1. The minimum Gasteiger partial charge on any atom is -0.493 e. The van der Waals surface area contributed by atoms with Gasteiger partial charge in [-0.1, -0.05) is 17.7 Å². The molecule has 9 nitrogen and oxygen atoms in total. The Morgan fingerprint density at radius 2 is 1.69 bits per heavy atom. The zero-order valence-electron chi connectivity index (χ0n) is 23.3. The van der Waals surface area contributed by atoms with Gasteiger partial charge in [0, 0.05) is 28.4 Å². The second-order valence-electron chi connectivity index (χ2n) is 10.2. The van der Waals surface area contributed by atoms with Gasteiger partial charge in [0.25, 0.3) is 0 Å². The van der Waals surface area contributed by atoms with E-state index in [1.807, 2.05) is 6.92 Å². The molecule has 0 aliphatic heterocycles. The third kappa shape index (κ3) is 4.50. The Kier molecular flexibility index (Phi) is 6.95. The number of hydrogen-bond donors (Lipinski definition) is 2. The first-order chi connectivity index (χ1) is 20.1. The Balaban J connectivity index is 1.60. The van der Waals surface area contributed by atoms with Crippen molar-refractivity contribution in [3.63, 3.8) is 0 Å². The summed E-state index contributed by atoms with van der Waals surface area (Å²) >= 11 is 1.14. The summed E-state index contributed by atoms with van der Waals surface area (Å²) in [7, 11) is 0.166. The minimum absolute atomic E-state index is 0.0345. The van der Waals surface area contributed by atoms with E-state index < -0.39 is 26.3 Å². The van der Waals surface area contributed by atoms with Crippen LogP contribution < -0.4 is 14.2 Å². The number of H-pyrrole nitrogens is 1. The first-order valence-electron chi connectivity index (χ1n) is 13.1. The van der Waals surface area contributed by atoms with Crippen LogP contribution >= 0.6 is 11.3 Å². The molecule has 6 rings (SSSR count). The summed E-state index contributed by atoms with van der Waals surface area (Å²) in [4.78, 5) is 12.2. The number of aliphatic hydroxyl groups is 1. The number of hydrogen-bond acceptors (Lipinski definition) is 9. The molecule has 0 spiro atoms. The summed E-state index contributed by atoms with van der Waals surface area (Å²) < 4.78 is 60.3. The zero-order chi connectivity index (χ0) is 29.8. The highest BCUT2D eigenvalue weighted by molar-refractivity contribution is 7.91. The van der Waals surface area contributed by atoms with Gasteiger partial charge in [-0.15, -0.1) is 11.3 Å². The van der Waals surface area contributed by atoms with Crippen molar-refractivity contribution >= 4 is 32.2 Å². The third-order valence-corrected chi connectivity index (χ3v) is 10.5. The fraction of sp³-hybridized carbons (Fsp3) is 0.267. The SMILES string of the molecule is COc1cc(-c2cc3c(-c4cnc(C5(O)CCC5)s4)c(F)c(S(=O)(=O)c4ccc(C)cc4)nc3[nH]2)cc(OC)c1OC. The lowest BCUT2D eigenvalue weighted by Crippen LogP contribution is -2.33. The van der Waals surface area contributed by atoms with Gasteiger partial charge in [0.05, 0.1) is 31.1 Å². The molecular formula is C30H28FN3O6S2. The van der Waals surface area contributed by atoms with Crippen LogP contribution in [-0.2, 0) is 15.4 Å². The summed E-state index contributed by atoms with van der Waals surface area (Å²) in [6.07, 6.45) is 3.48. The monoisotopic (exact) mass is 609 g/mol. The summed E-state index contributed by atoms with van der Waals surface area (Å²) in [5.41, 5.74) is 1.15. The van der Waals surface area contributed by atoms with Crippen molar-refractivity contribution in [1.82, 2.24) is 15.0 Å². The van der Waals surface area contributed by atoms with E-state index in [0.717, 1.165) is 23.3 Å². The van der Waals surface area contributed by atoms with Gasteiger partial charge in [0.1, 0.15) is 16.3 Å². The molecule has 3 aromatic heterocycles. The Labute approximate surface area is 245 Å². The van der Waals surface area contributed by atoms with E-state index in [9.17, 15) is 13.5 Å². The zero-order valence-corrected chi connectivity index (χ0v) is 25.0. The lowest BCUT2D eigenvalue weighted by molar-refractivity contribution is -0.0389. The summed E-state index contributed by atoms with van der Waals surface area (Å²) in [5.74, 6) is 0.235. The number of ether oxygens (including phenoxy) is 3. The van der Waals surface area contributed by atoms with Crippen LogP contribution in [0.15, 0.2) is 58.6 Å². The molecule has 1 aliphatic rings. The van der Waals surface area contributed by atoms with Crippen LogP contribution in [0.5, 0.6) is 17.2 Å². The molecule has 0 bridgehead atoms. The number of halogens is 1. The topological polar surface area (TPSA) is 124 Å². The Bertz CT molecular complexity index is 1900. The van der Waals surface area contributed by atoms with Crippen LogP contribution in [0.3, 0.4) is 0 Å². The maximum atomic E-state index is 16.5. The number of sulfone groups is 1. The number of fused-ring (bicyclic) bond motifs is 1. The van der Waals surface area contributed by atoms with Crippen LogP contribution in [0, 0.1) is 12.7 Å². The van der Waals surface area contributed by atoms with E-state index in [2.05, 4.69) is 15.0 Å². The molecule has 0 saturated heterocycles. The number of methoxy groups -OCH3 is 3. The van der Waals surface area contributed by atoms with Crippen molar-refractivity contribution in [2.45, 2.75) is 41.7 Å². The average Bonchev–Trinajstić information content (AvgIpc) is 3.63. The summed E-state index contributed by atoms with van der Waals surface area (Å²) in [5, 5.41) is 11.0. The fourth-order valence-corrected chi connectivity index (χ4v) is 7.45. The van der Waals surface area contributed by atoms with Gasteiger partial charge in [-0.3, -0.25) is 0 Å². The normalized spacial score (nSPS) is 14.5. The molecule has 2 aromatic carbocycles. The Hall–Kier alpha value is -4.00. The number of pyridine rings is 1. The minimum atomic E-state index is -4.34. The van der Waals surface area contributed by atoms with Gasteiger partial charge >= 0.3 is 0 Å². The molecule has 1 aliphatic carbocycles. The van der Waals surface area contributed by atoms with Crippen molar-refractivity contribution in [2.75, 3.05) is 21.3 Å². The molecular weight excluding hydrogens is 581 g/mol. The Morgan fingerprint density at radius 3 is 2.26 bits per heavy atom. The molecule has 3 heterocycles. The molecule has 42 heavy (non-hydrogen) atoms. The molecule has 12 heteroatoms. The van der Waals surface area contributed by atoms with Gasteiger partial charge in [-0.2, -0.15) is 0 Å². The molecule has 0 amide bonds. The van der Waals surface area contributed by atoms with Crippen LogP contribution in [0.25, 0.3) is 32.7 Å². The largest absolute Gasteiger partial charge is 0.493 e. The molecule has 0 radical (unpaired) electrons. The number of aromatic amines is 1. The predicted molar refractivity (Wildman–Crippen MR) is 157 cm³/mol. The van der Waals surface area contributed by atoms with Crippen molar-refractivity contribution in [1.29, 1.82) is 0 Å². The number of benzene rings is 2. The maximum Gasteiger partial charge on any atom is 0.226 e.